The molecule has 4 nitrogen and oxygen atoms in total. The number of rotatable bonds is 3. The maximum atomic E-state index is 11.3. The Hall–Kier alpha value is -1.45. The van der Waals surface area contributed by atoms with Gasteiger partial charge in [-0.15, -0.1) is 0 Å². The molecule has 2 rings (SSSR count). The smallest absolute Gasteiger partial charge is 0.181 e. The van der Waals surface area contributed by atoms with Crippen LogP contribution >= 0.6 is 0 Å². The first-order chi connectivity index (χ1) is 6.72. The molecule has 0 atom stereocenters. The molecule has 1 aromatic heterocycles. The molecule has 1 saturated carbocycles. The van der Waals surface area contributed by atoms with Gasteiger partial charge in [-0.3, -0.25) is 4.79 Å². The molecule has 74 valence electrons. The van der Waals surface area contributed by atoms with Crippen LogP contribution in [-0.4, -0.2) is 22.8 Å². The Morgan fingerprint density at radius 3 is 2.79 bits per heavy atom. The number of nitrogens with zero attached hydrogens (tertiary/aromatic N) is 2. The van der Waals surface area contributed by atoms with Gasteiger partial charge in [0.1, 0.15) is 5.69 Å². The molecule has 0 amide bonds. The van der Waals surface area contributed by atoms with E-state index in [-0.39, 0.29) is 5.78 Å². The summed E-state index contributed by atoms with van der Waals surface area (Å²) in [5.74, 6) is 1.07. The summed E-state index contributed by atoms with van der Waals surface area (Å²) in [6.07, 6.45) is 4.10. The van der Waals surface area contributed by atoms with Gasteiger partial charge >= 0.3 is 0 Å². The standard InChI is InChI=1S/C10H13N3O/c1-6(14)9-10(11-2)12-5-8(13-9)7-3-4-7/h5,7H,3-4H2,1-2H3,(H,11,12). The number of hydrogen-bond donors (Lipinski definition) is 1. The van der Waals surface area contributed by atoms with Crippen molar-refractivity contribution in [2.75, 3.05) is 12.4 Å². The van der Waals surface area contributed by atoms with Gasteiger partial charge in [-0.05, 0) is 12.8 Å². The van der Waals surface area contributed by atoms with Crippen LogP contribution < -0.4 is 5.32 Å². The number of ketones is 1. The van der Waals surface area contributed by atoms with Crippen molar-refractivity contribution in [3.8, 4) is 0 Å². The van der Waals surface area contributed by atoms with Crippen LogP contribution in [0.1, 0.15) is 41.9 Å². The lowest BCUT2D eigenvalue weighted by atomic mass is 10.2. The lowest BCUT2D eigenvalue weighted by Gasteiger charge is -2.05. The number of hydrogen-bond acceptors (Lipinski definition) is 4. The first kappa shape index (κ1) is 9.12. The quantitative estimate of drug-likeness (QED) is 0.737. The highest BCUT2D eigenvalue weighted by Crippen LogP contribution is 2.39. The monoisotopic (exact) mass is 191 g/mol. The van der Waals surface area contributed by atoms with Crippen LogP contribution in [0.25, 0.3) is 0 Å². The van der Waals surface area contributed by atoms with Crippen molar-refractivity contribution < 1.29 is 4.79 Å². The molecule has 0 radical (unpaired) electrons. The summed E-state index contributed by atoms with van der Waals surface area (Å²) in [5.41, 5.74) is 1.41. The summed E-state index contributed by atoms with van der Waals surface area (Å²) in [7, 11) is 1.74. The van der Waals surface area contributed by atoms with E-state index in [1.165, 1.54) is 19.8 Å². The second kappa shape index (κ2) is 3.36. The van der Waals surface area contributed by atoms with Crippen molar-refractivity contribution in [2.24, 2.45) is 0 Å². The molecule has 1 fully saturated rings. The van der Waals surface area contributed by atoms with Crippen molar-refractivity contribution in [1.82, 2.24) is 9.97 Å². The van der Waals surface area contributed by atoms with Crippen LogP contribution in [0, 0.1) is 0 Å². The molecule has 1 aliphatic rings. The van der Waals surface area contributed by atoms with Gasteiger partial charge in [-0.1, -0.05) is 0 Å². The summed E-state index contributed by atoms with van der Waals surface area (Å²) in [6.45, 7) is 1.52. The van der Waals surface area contributed by atoms with Crippen molar-refractivity contribution in [1.29, 1.82) is 0 Å². The van der Waals surface area contributed by atoms with E-state index in [0.717, 1.165) is 5.69 Å². The Labute approximate surface area is 82.8 Å². The van der Waals surface area contributed by atoms with Crippen LogP contribution in [-0.2, 0) is 0 Å². The van der Waals surface area contributed by atoms with Crippen molar-refractivity contribution in [2.45, 2.75) is 25.7 Å². The van der Waals surface area contributed by atoms with Crippen molar-refractivity contribution in [3.63, 3.8) is 0 Å². The summed E-state index contributed by atoms with van der Waals surface area (Å²) < 4.78 is 0. The van der Waals surface area contributed by atoms with E-state index in [1.54, 1.807) is 13.2 Å². The molecule has 4 heteroatoms. The number of anilines is 1. The topological polar surface area (TPSA) is 54.9 Å². The van der Waals surface area contributed by atoms with E-state index in [9.17, 15) is 4.79 Å². The molecule has 14 heavy (non-hydrogen) atoms. The Kier molecular flexibility index (Phi) is 2.19. The van der Waals surface area contributed by atoms with E-state index < -0.39 is 0 Å². The molecule has 1 N–H and O–H groups in total. The normalized spacial score (nSPS) is 15.3. The molecule has 0 aliphatic heterocycles. The first-order valence-corrected chi connectivity index (χ1v) is 4.78. The van der Waals surface area contributed by atoms with Gasteiger partial charge in [-0.2, -0.15) is 0 Å². The zero-order valence-corrected chi connectivity index (χ0v) is 8.37. The summed E-state index contributed by atoms with van der Waals surface area (Å²) in [5, 5.41) is 2.87. The molecule has 0 spiro atoms. The summed E-state index contributed by atoms with van der Waals surface area (Å²) in [6, 6.07) is 0. The summed E-state index contributed by atoms with van der Waals surface area (Å²) >= 11 is 0. The van der Waals surface area contributed by atoms with Crippen molar-refractivity contribution >= 4 is 11.6 Å². The fourth-order valence-electron chi connectivity index (χ4n) is 1.41. The third kappa shape index (κ3) is 1.60. The van der Waals surface area contributed by atoms with Crippen LogP contribution in [0.5, 0.6) is 0 Å². The number of Topliss-reactive ketones (excluding diaryl/α,β-unsaturated/α-hetero) is 1. The van der Waals surface area contributed by atoms with E-state index in [0.29, 0.717) is 17.4 Å². The average molecular weight is 191 g/mol. The Balaban J connectivity index is 2.40. The third-order valence-electron chi connectivity index (χ3n) is 2.36. The molecule has 1 heterocycles. The number of nitrogens with one attached hydrogen (secondary N) is 1. The van der Waals surface area contributed by atoms with Gasteiger partial charge in [0.2, 0.25) is 0 Å². The lowest BCUT2D eigenvalue weighted by Crippen LogP contribution is -2.07. The van der Waals surface area contributed by atoms with Gasteiger partial charge in [-0.25, -0.2) is 9.97 Å². The van der Waals surface area contributed by atoms with E-state index in [4.69, 9.17) is 0 Å². The maximum Gasteiger partial charge on any atom is 0.181 e. The fourth-order valence-corrected chi connectivity index (χ4v) is 1.41. The van der Waals surface area contributed by atoms with Crippen LogP contribution in [0.4, 0.5) is 5.82 Å². The Bertz CT molecular complexity index is 372. The lowest BCUT2D eigenvalue weighted by molar-refractivity contribution is 0.101. The Morgan fingerprint density at radius 2 is 2.29 bits per heavy atom. The molecule has 0 aromatic carbocycles. The maximum absolute atomic E-state index is 11.3. The molecule has 1 aliphatic carbocycles. The van der Waals surface area contributed by atoms with Crippen LogP contribution in [0.15, 0.2) is 6.20 Å². The van der Waals surface area contributed by atoms with Gasteiger partial charge < -0.3 is 5.32 Å². The Morgan fingerprint density at radius 1 is 1.57 bits per heavy atom. The third-order valence-corrected chi connectivity index (χ3v) is 2.36. The molecule has 0 saturated heterocycles. The number of carbonyl (C=O) groups excluding carboxylic acids is 1. The fraction of sp³-hybridized carbons (Fsp3) is 0.500. The summed E-state index contributed by atoms with van der Waals surface area (Å²) in [4.78, 5) is 19.8. The number of aromatic nitrogens is 2. The first-order valence-electron chi connectivity index (χ1n) is 4.78. The second-order valence-corrected chi connectivity index (χ2v) is 3.57. The highest BCUT2D eigenvalue weighted by molar-refractivity contribution is 5.96. The molecule has 1 aromatic rings. The van der Waals surface area contributed by atoms with Gasteiger partial charge in [0.05, 0.1) is 11.9 Å². The predicted octanol–water partition coefficient (Wildman–Crippen LogP) is 1.60. The van der Waals surface area contributed by atoms with Gasteiger partial charge in [0, 0.05) is 19.9 Å². The van der Waals surface area contributed by atoms with E-state index >= 15 is 0 Å². The molecule has 0 unspecified atom stereocenters. The molecule has 0 bridgehead atoms. The van der Waals surface area contributed by atoms with Gasteiger partial charge in [0.15, 0.2) is 11.6 Å². The van der Waals surface area contributed by atoms with E-state index in [2.05, 4.69) is 15.3 Å². The minimum Gasteiger partial charge on any atom is -0.371 e. The van der Waals surface area contributed by atoms with Crippen molar-refractivity contribution in [3.05, 3.63) is 17.6 Å². The largest absolute Gasteiger partial charge is 0.371 e. The average Bonchev–Trinajstić information content (AvgIpc) is 3.00. The number of carbonyl (C=O) groups is 1. The van der Waals surface area contributed by atoms with Crippen LogP contribution in [0.3, 0.4) is 0 Å². The highest BCUT2D eigenvalue weighted by Gasteiger charge is 2.26. The van der Waals surface area contributed by atoms with Crippen LogP contribution in [0.2, 0.25) is 0 Å². The zero-order valence-electron chi connectivity index (χ0n) is 8.37. The zero-order chi connectivity index (χ0) is 10.1. The SMILES string of the molecule is CNc1ncc(C2CC2)nc1C(C)=O. The minimum atomic E-state index is -0.0376. The molecular formula is C10H13N3O. The predicted molar refractivity (Wildman–Crippen MR) is 53.6 cm³/mol. The second-order valence-electron chi connectivity index (χ2n) is 3.57. The minimum absolute atomic E-state index is 0.0376. The van der Waals surface area contributed by atoms with E-state index in [1.807, 2.05) is 0 Å². The molecular weight excluding hydrogens is 178 g/mol. The van der Waals surface area contributed by atoms with Gasteiger partial charge in [0.25, 0.3) is 0 Å². The highest BCUT2D eigenvalue weighted by atomic mass is 16.1.